The predicted molar refractivity (Wildman–Crippen MR) is 94.2 cm³/mol. The second-order valence-electron chi connectivity index (χ2n) is 5.34. The van der Waals surface area contributed by atoms with E-state index in [0.717, 1.165) is 22.6 Å². The molecule has 3 aromatic rings. The molecule has 2 aromatic heterocycles. The van der Waals surface area contributed by atoms with Crippen LogP contribution in [0.4, 0.5) is 5.69 Å². The van der Waals surface area contributed by atoms with Crippen LogP contribution >= 0.6 is 11.3 Å². The first kappa shape index (κ1) is 16.2. The molecule has 6 nitrogen and oxygen atoms in total. The molecule has 2 N–H and O–H groups in total. The van der Waals surface area contributed by atoms with Gasteiger partial charge in [0.05, 0.1) is 18.7 Å². The minimum Gasteiger partial charge on any atom is -0.347 e. The van der Waals surface area contributed by atoms with Gasteiger partial charge in [-0.1, -0.05) is 25.1 Å². The van der Waals surface area contributed by atoms with Gasteiger partial charge in [-0.15, -0.1) is 11.3 Å². The number of aromatic nitrogens is 2. The molecule has 1 aromatic carbocycles. The SMILES string of the molecule is CCc1ccccc1NC(=O)CNC(=O)Cc1cn2ccsc2n1. The van der Waals surface area contributed by atoms with Crippen molar-refractivity contribution in [1.29, 1.82) is 0 Å². The lowest BCUT2D eigenvalue weighted by Crippen LogP contribution is -2.34. The fraction of sp³-hybridized carbons (Fsp3) is 0.235. The maximum Gasteiger partial charge on any atom is 0.243 e. The Hall–Kier alpha value is -2.67. The van der Waals surface area contributed by atoms with E-state index in [0.29, 0.717) is 5.69 Å². The van der Waals surface area contributed by atoms with Crippen LogP contribution in [0.2, 0.25) is 0 Å². The van der Waals surface area contributed by atoms with Crippen molar-refractivity contribution in [3.8, 4) is 0 Å². The zero-order valence-corrected chi connectivity index (χ0v) is 14.1. The van der Waals surface area contributed by atoms with Gasteiger partial charge in [-0.25, -0.2) is 4.98 Å². The van der Waals surface area contributed by atoms with Crippen LogP contribution in [0.1, 0.15) is 18.2 Å². The lowest BCUT2D eigenvalue weighted by molar-refractivity contribution is -0.123. The van der Waals surface area contributed by atoms with E-state index in [1.807, 2.05) is 53.4 Å². The van der Waals surface area contributed by atoms with Gasteiger partial charge in [-0.3, -0.25) is 14.0 Å². The van der Waals surface area contributed by atoms with Gasteiger partial charge in [-0.05, 0) is 18.1 Å². The van der Waals surface area contributed by atoms with Crippen molar-refractivity contribution in [3.63, 3.8) is 0 Å². The number of thiazole rings is 1. The fourth-order valence-corrected chi connectivity index (χ4v) is 3.13. The molecule has 7 heteroatoms. The van der Waals surface area contributed by atoms with E-state index in [4.69, 9.17) is 0 Å². The zero-order chi connectivity index (χ0) is 16.9. The molecular weight excluding hydrogens is 324 g/mol. The molecule has 2 amide bonds. The standard InChI is InChI=1S/C17H18N4O2S/c1-2-12-5-3-4-6-14(12)20-16(23)10-18-15(22)9-13-11-21-7-8-24-17(21)19-13/h3-8,11H,2,9-10H2,1H3,(H,18,22)(H,20,23). The van der Waals surface area contributed by atoms with E-state index < -0.39 is 0 Å². The van der Waals surface area contributed by atoms with Gasteiger partial charge in [0, 0.05) is 23.5 Å². The van der Waals surface area contributed by atoms with Crippen molar-refractivity contribution in [2.24, 2.45) is 0 Å². The van der Waals surface area contributed by atoms with E-state index in [2.05, 4.69) is 15.6 Å². The monoisotopic (exact) mass is 342 g/mol. The highest BCUT2D eigenvalue weighted by Gasteiger charge is 2.10. The third-order valence-corrected chi connectivity index (χ3v) is 4.37. The van der Waals surface area contributed by atoms with E-state index in [-0.39, 0.29) is 24.8 Å². The van der Waals surface area contributed by atoms with Gasteiger partial charge >= 0.3 is 0 Å². The maximum atomic E-state index is 12.0. The minimum absolute atomic E-state index is 0.0564. The van der Waals surface area contributed by atoms with Crippen LogP contribution in [0.25, 0.3) is 4.96 Å². The third kappa shape index (κ3) is 3.80. The molecule has 0 aliphatic carbocycles. The van der Waals surface area contributed by atoms with Crippen molar-refractivity contribution in [1.82, 2.24) is 14.7 Å². The number of anilines is 1. The Bertz CT molecular complexity index is 840. The highest BCUT2D eigenvalue weighted by molar-refractivity contribution is 7.15. The van der Waals surface area contributed by atoms with Gasteiger partial charge in [0.15, 0.2) is 4.96 Å². The fourth-order valence-electron chi connectivity index (χ4n) is 2.41. The van der Waals surface area contributed by atoms with Crippen LogP contribution in [-0.2, 0) is 22.4 Å². The molecule has 0 aliphatic heterocycles. The summed E-state index contributed by atoms with van der Waals surface area (Å²) in [6, 6.07) is 7.64. The van der Waals surface area contributed by atoms with E-state index >= 15 is 0 Å². The molecule has 0 saturated heterocycles. The number of nitrogens with one attached hydrogen (secondary N) is 2. The number of fused-ring (bicyclic) bond motifs is 1. The Morgan fingerprint density at radius 1 is 1.25 bits per heavy atom. The Labute approximate surface area is 143 Å². The molecule has 0 atom stereocenters. The van der Waals surface area contributed by atoms with Crippen molar-refractivity contribution >= 4 is 33.8 Å². The van der Waals surface area contributed by atoms with Gasteiger partial charge < -0.3 is 10.6 Å². The number of hydrogen-bond donors (Lipinski definition) is 2. The number of nitrogens with zero attached hydrogens (tertiary/aromatic N) is 2. The number of carbonyl (C=O) groups excluding carboxylic acids is 2. The molecule has 0 bridgehead atoms. The summed E-state index contributed by atoms with van der Waals surface area (Å²) < 4.78 is 1.88. The van der Waals surface area contributed by atoms with Crippen LogP contribution in [0, 0.1) is 0 Å². The second kappa shape index (κ2) is 7.27. The van der Waals surface area contributed by atoms with Crippen molar-refractivity contribution in [3.05, 3.63) is 53.3 Å². The first-order valence-electron chi connectivity index (χ1n) is 7.71. The van der Waals surface area contributed by atoms with Gasteiger partial charge in [0.2, 0.25) is 11.8 Å². The third-order valence-electron chi connectivity index (χ3n) is 3.60. The molecule has 0 unspecified atom stereocenters. The summed E-state index contributed by atoms with van der Waals surface area (Å²) in [6.07, 6.45) is 4.71. The number of para-hydroxylation sites is 1. The Balaban J connectivity index is 1.50. The zero-order valence-electron chi connectivity index (χ0n) is 13.3. The number of carbonyl (C=O) groups is 2. The van der Waals surface area contributed by atoms with Crippen molar-refractivity contribution < 1.29 is 9.59 Å². The van der Waals surface area contributed by atoms with Crippen LogP contribution < -0.4 is 10.6 Å². The first-order chi connectivity index (χ1) is 11.7. The second-order valence-corrected chi connectivity index (χ2v) is 6.21. The number of aryl methyl sites for hydroxylation is 1. The Morgan fingerprint density at radius 2 is 2.08 bits per heavy atom. The molecule has 0 spiro atoms. The molecule has 0 fully saturated rings. The summed E-state index contributed by atoms with van der Waals surface area (Å²) in [5.41, 5.74) is 2.54. The number of amides is 2. The summed E-state index contributed by atoms with van der Waals surface area (Å²) in [6.45, 7) is 1.97. The summed E-state index contributed by atoms with van der Waals surface area (Å²) in [7, 11) is 0. The highest BCUT2D eigenvalue weighted by Crippen LogP contribution is 2.15. The lowest BCUT2D eigenvalue weighted by atomic mass is 10.1. The largest absolute Gasteiger partial charge is 0.347 e. The van der Waals surface area contributed by atoms with E-state index in [1.165, 1.54) is 11.3 Å². The number of hydrogen-bond acceptors (Lipinski definition) is 4. The number of imidazole rings is 1. The number of benzene rings is 1. The van der Waals surface area contributed by atoms with Gasteiger partial charge in [0.25, 0.3) is 0 Å². The van der Waals surface area contributed by atoms with Crippen molar-refractivity contribution in [2.75, 3.05) is 11.9 Å². The average molecular weight is 342 g/mol. The van der Waals surface area contributed by atoms with E-state index in [9.17, 15) is 9.59 Å². The summed E-state index contributed by atoms with van der Waals surface area (Å²) >= 11 is 1.51. The first-order valence-corrected chi connectivity index (χ1v) is 8.59. The summed E-state index contributed by atoms with van der Waals surface area (Å²) in [4.78, 5) is 29.2. The van der Waals surface area contributed by atoms with Gasteiger partial charge in [-0.2, -0.15) is 0 Å². The molecule has 0 aliphatic rings. The Morgan fingerprint density at radius 3 is 2.88 bits per heavy atom. The molecule has 3 rings (SSSR count). The normalized spacial score (nSPS) is 10.7. The van der Waals surface area contributed by atoms with Crippen LogP contribution in [0.5, 0.6) is 0 Å². The molecule has 124 valence electrons. The molecule has 0 saturated carbocycles. The summed E-state index contributed by atoms with van der Waals surface area (Å²) in [5, 5.41) is 7.39. The van der Waals surface area contributed by atoms with E-state index in [1.54, 1.807) is 0 Å². The molecule has 2 heterocycles. The molecule has 24 heavy (non-hydrogen) atoms. The van der Waals surface area contributed by atoms with Crippen LogP contribution in [0.15, 0.2) is 42.0 Å². The molecular formula is C17H18N4O2S. The van der Waals surface area contributed by atoms with Crippen LogP contribution in [0.3, 0.4) is 0 Å². The van der Waals surface area contributed by atoms with Gasteiger partial charge in [0.1, 0.15) is 0 Å². The highest BCUT2D eigenvalue weighted by atomic mass is 32.1. The summed E-state index contributed by atoms with van der Waals surface area (Å²) in [5.74, 6) is -0.463. The topological polar surface area (TPSA) is 75.5 Å². The Kier molecular flexibility index (Phi) is 4.90. The quantitative estimate of drug-likeness (QED) is 0.721. The van der Waals surface area contributed by atoms with Crippen molar-refractivity contribution in [2.45, 2.75) is 19.8 Å². The maximum absolute atomic E-state index is 12.0. The van der Waals surface area contributed by atoms with Crippen LogP contribution in [-0.4, -0.2) is 27.7 Å². The smallest absolute Gasteiger partial charge is 0.243 e. The minimum atomic E-state index is -0.241. The predicted octanol–water partition coefficient (Wildman–Crippen LogP) is 2.26. The lowest BCUT2D eigenvalue weighted by Gasteiger charge is -2.10. The average Bonchev–Trinajstić information content (AvgIpc) is 3.15. The number of rotatable bonds is 6. The molecule has 0 radical (unpaired) electrons.